The first-order chi connectivity index (χ1) is 14.0. The summed E-state index contributed by atoms with van der Waals surface area (Å²) in [5, 5.41) is 2.88. The summed E-state index contributed by atoms with van der Waals surface area (Å²) in [6.07, 6.45) is 0. The summed E-state index contributed by atoms with van der Waals surface area (Å²) in [5.41, 5.74) is 1.23. The van der Waals surface area contributed by atoms with Gasteiger partial charge in [0.2, 0.25) is 5.91 Å². The Hall–Kier alpha value is -3.35. The third-order valence-electron chi connectivity index (χ3n) is 4.94. The van der Waals surface area contributed by atoms with Crippen molar-refractivity contribution in [3.8, 4) is 0 Å². The topological polar surface area (TPSA) is 73.0 Å². The molecule has 0 radical (unpaired) electrons. The second-order valence-electron chi connectivity index (χ2n) is 7.17. The van der Waals surface area contributed by atoms with Crippen LogP contribution in [0.4, 0.5) is 4.79 Å². The molecule has 0 saturated carbocycles. The van der Waals surface area contributed by atoms with Gasteiger partial charge in [0.25, 0.3) is 5.91 Å². The number of nitrogens with zero attached hydrogens (tertiary/aromatic N) is 3. The van der Waals surface area contributed by atoms with Gasteiger partial charge < -0.3 is 20.0 Å². The average Bonchev–Trinajstić information content (AvgIpc) is 2.77. The standard InChI is InChI=1S/C22H26N4O3/c1-24(2)22(29)26-15-13-25(14-16-26)21(28)19(17-9-5-3-6-10-17)23-20(27)18-11-7-4-8-12-18/h3-12,19H,13-16H2,1-2H3,(H,23,27). The zero-order valence-electron chi connectivity index (χ0n) is 16.7. The molecule has 3 rings (SSSR count). The number of carbonyl (C=O) groups excluding carboxylic acids is 3. The number of piperazine rings is 1. The molecule has 0 bridgehead atoms. The van der Waals surface area contributed by atoms with Crippen molar-refractivity contribution in [2.75, 3.05) is 40.3 Å². The summed E-state index contributed by atoms with van der Waals surface area (Å²) in [6.45, 7) is 1.81. The summed E-state index contributed by atoms with van der Waals surface area (Å²) < 4.78 is 0. The van der Waals surface area contributed by atoms with Crippen LogP contribution in [-0.2, 0) is 4.79 Å². The van der Waals surface area contributed by atoms with Crippen molar-refractivity contribution >= 4 is 17.8 Å². The van der Waals surface area contributed by atoms with Crippen LogP contribution in [0.15, 0.2) is 60.7 Å². The predicted molar refractivity (Wildman–Crippen MR) is 110 cm³/mol. The first kappa shape index (κ1) is 20.4. The minimum Gasteiger partial charge on any atom is -0.337 e. The molecule has 0 spiro atoms. The number of hydrogen-bond acceptors (Lipinski definition) is 3. The van der Waals surface area contributed by atoms with Crippen LogP contribution in [0.3, 0.4) is 0 Å². The van der Waals surface area contributed by atoms with Crippen molar-refractivity contribution in [2.24, 2.45) is 0 Å². The molecule has 152 valence electrons. The fraction of sp³-hybridized carbons (Fsp3) is 0.318. The maximum atomic E-state index is 13.3. The van der Waals surface area contributed by atoms with Crippen LogP contribution in [0.1, 0.15) is 22.0 Å². The molecular weight excluding hydrogens is 368 g/mol. The summed E-state index contributed by atoms with van der Waals surface area (Å²) in [7, 11) is 3.43. The van der Waals surface area contributed by atoms with Gasteiger partial charge in [-0.15, -0.1) is 0 Å². The molecule has 1 fully saturated rings. The lowest BCUT2D eigenvalue weighted by atomic mass is 10.0. The molecule has 1 saturated heterocycles. The molecule has 7 nitrogen and oxygen atoms in total. The maximum absolute atomic E-state index is 13.3. The summed E-state index contributed by atoms with van der Waals surface area (Å²) in [4.78, 5) is 43.1. The number of benzene rings is 2. The van der Waals surface area contributed by atoms with E-state index in [-0.39, 0.29) is 17.8 Å². The molecule has 1 aliphatic rings. The molecule has 1 atom stereocenters. The predicted octanol–water partition coefficient (Wildman–Crippen LogP) is 1.98. The van der Waals surface area contributed by atoms with Crippen LogP contribution < -0.4 is 5.32 Å². The first-order valence-electron chi connectivity index (χ1n) is 9.63. The minimum absolute atomic E-state index is 0.0610. The van der Waals surface area contributed by atoms with Crippen LogP contribution in [0.2, 0.25) is 0 Å². The zero-order chi connectivity index (χ0) is 20.8. The molecule has 1 heterocycles. The van der Waals surface area contributed by atoms with Crippen molar-refractivity contribution in [1.29, 1.82) is 0 Å². The fourth-order valence-electron chi connectivity index (χ4n) is 3.32. The molecular formula is C22H26N4O3. The van der Waals surface area contributed by atoms with Crippen molar-refractivity contribution in [2.45, 2.75) is 6.04 Å². The van der Waals surface area contributed by atoms with Crippen LogP contribution >= 0.6 is 0 Å². The van der Waals surface area contributed by atoms with E-state index < -0.39 is 6.04 Å². The van der Waals surface area contributed by atoms with Gasteiger partial charge >= 0.3 is 6.03 Å². The van der Waals surface area contributed by atoms with E-state index in [0.717, 1.165) is 5.56 Å². The highest BCUT2D eigenvalue weighted by molar-refractivity contribution is 5.97. The Labute approximate surface area is 170 Å². The molecule has 29 heavy (non-hydrogen) atoms. The highest BCUT2D eigenvalue weighted by Gasteiger charge is 2.31. The van der Waals surface area contributed by atoms with Gasteiger partial charge in [-0.05, 0) is 17.7 Å². The third-order valence-corrected chi connectivity index (χ3v) is 4.94. The number of amides is 4. The van der Waals surface area contributed by atoms with Crippen LogP contribution in [0.25, 0.3) is 0 Å². The van der Waals surface area contributed by atoms with Gasteiger partial charge in [0.05, 0.1) is 0 Å². The second kappa shape index (κ2) is 9.23. The Kier molecular flexibility index (Phi) is 6.49. The highest BCUT2D eigenvalue weighted by Crippen LogP contribution is 2.18. The molecule has 2 aromatic rings. The van der Waals surface area contributed by atoms with E-state index in [2.05, 4.69) is 5.32 Å². The Morgan fingerprint density at radius 2 is 1.34 bits per heavy atom. The largest absolute Gasteiger partial charge is 0.337 e. The Bertz CT molecular complexity index is 847. The highest BCUT2D eigenvalue weighted by atomic mass is 16.2. The Morgan fingerprint density at radius 3 is 1.90 bits per heavy atom. The van der Waals surface area contributed by atoms with E-state index in [1.165, 1.54) is 4.90 Å². The van der Waals surface area contributed by atoms with Gasteiger partial charge in [-0.1, -0.05) is 48.5 Å². The first-order valence-corrected chi connectivity index (χ1v) is 9.63. The molecule has 1 unspecified atom stereocenters. The minimum atomic E-state index is -0.778. The molecule has 7 heteroatoms. The van der Waals surface area contributed by atoms with Gasteiger partial charge in [-0.25, -0.2) is 4.79 Å². The number of rotatable bonds is 4. The van der Waals surface area contributed by atoms with E-state index in [1.807, 2.05) is 36.4 Å². The molecule has 0 aromatic heterocycles. The van der Waals surface area contributed by atoms with Crippen LogP contribution in [0.5, 0.6) is 0 Å². The Balaban J connectivity index is 1.74. The smallest absolute Gasteiger partial charge is 0.319 e. The zero-order valence-corrected chi connectivity index (χ0v) is 16.7. The number of nitrogens with one attached hydrogen (secondary N) is 1. The second-order valence-corrected chi connectivity index (χ2v) is 7.17. The van der Waals surface area contributed by atoms with E-state index in [4.69, 9.17) is 0 Å². The van der Waals surface area contributed by atoms with Crippen LogP contribution in [0, 0.1) is 0 Å². The lowest BCUT2D eigenvalue weighted by Gasteiger charge is -2.37. The Morgan fingerprint density at radius 1 is 0.828 bits per heavy atom. The van der Waals surface area contributed by atoms with Gasteiger partial charge in [-0.3, -0.25) is 9.59 Å². The third kappa shape index (κ3) is 4.93. The molecule has 0 aliphatic carbocycles. The van der Waals surface area contributed by atoms with Crippen molar-refractivity contribution in [3.63, 3.8) is 0 Å². The summed E-state index contributed by atoms with van der Waals surface area (Å²) >= 11 is 0. The normalized spacial score (nSPS) is 14.8. The summed E-state index contributed by atoms with van der Waals surface area (Å²) in [6, 6.07) is 17.2. The van der Waals surface area contributed by atoms with E-state index in [0.29, 0.717) is 31.7 Å². The average molecular weight is 394 g/mol. The summed E-state index contributed by atoms with van der Waals surface area (Å²) in [5.74, 6) is -0.466. The maximum Gasteiger partial charge on any atom is 0.319 e. The van der Waals surface area contributed by atoms with Crippen molar-refractivity contribution in [3.05, 3.63) is 71.8 Å². The van der Waals surface area contributed by atoms with E-state index >= 15 is 0 Å². The van der Waals surface area contributed by atoms with E-state index in [9.17, 15) is 14.4 Å². The van der Waals surface area contributed by atoms with Gasteiger partial charge in [0, 0.05) is 45.8 Å². The van der Waals surface area contributed by atoms with Crippen molar-refractivity contribution < 1.29 is 14.4 Å². The molecule has 4 amide bonds. The molecule has 1 N–H and O–H groups in total. The monoisotopic (exact) mass is 394 g/mol. The molecule has 1 aliphatic heterocycles. The van der Waals surface area contributed by atoms with Crippen molar-refractivity contribution in [1.82, 2.24) is 20.0 Å². The fourth-order valence-corrected chi connectivity index (χ4v) is 3.32. The number of carbonyl (C=O) groups is 3. The SMILES string of the molecule is CN(C)C(=O)N1CCN(C(=O)C(NC(=O)c2ccccc2)c2ccccc2)CC1. The van der Waals surface area contributed by atoms with Gasteiger partial charge in [0.15, 0.2) is 0 Å². The lowest BCUT2D eigenvalue weighted by molar-refractivity contribution is -0.134. The van der Waals surface area contributed by atoms with Gasteiger partial charge in [-0.2, -0.15) is 0 Å². The van der Waals surface area contributed by atoms with E-state index in [1.54, 1.807) is 48.2 Å². The number of hydrogen-bond donors (Lipinski definition) is 1. The van der Waals surface area contributed by atoms with Crippen LogP contribution in [-0.4, -0.2) is 72.8 Å². The molecule has 2 aromatic carbocycles. The van der Waals surface area contributed by atoms with Gasteiger partial charge in [0.1, 0.15) is 6.04 Å². The quantitative estimate of drug-likeness (QED) is 0.862. The number of urea groups is 1. The lowest BCUT2D eigenvalue weighted by Crippen LogP contribution is -2.55.